The Bertz CT molecular complexity index is 921. The Morgan fingerprint density at radius 2 is 1.90 bits per heavy atom. The van der Waals surface area contributed by atoms with Gasteiger partial charge in [0, 0.05) is 37.3 Å². The molecule has 0 unspecified atom stereocenters. The van der Waals surface area contributed by atoms with Crippen LogP contribution in [0.2, 0.25) is 0 Å². The van der Waals surface area contributed by atoms with Crippen molar-refractivity contribution < 1.29 is 22.8 Å². The van der Waals surface area contributed by atoms with E-state index < -0.39 is 47.9 Å². The van der Waals surface area contributed by atoms with E-state index in [2.05, 4.69) is 10.3 Å². The largest absolute Gasteiger partial charge is 0.348 e. The Morgan fingerprint density at radius 1 is 1.14 bits per heavy atom. The van der Waals surface area contributed by atoms with Crippen LogP contribution in [0.5, 0.6) is 0 Å². The van der Waals surface area contributed by atoms with Gasteiger partial charge in [0.25, 0.3) is 11.8 Å². The summed E-state index contributed by atoms with van der Waals surface area (Å²) in [7, 11) is 0. The van der Waals surface area contributed by atoms with E-state index in [1.807, 2.05) is 0 Å². The monoisotopic (exact) mass is 403 g/mol. The Labute approximate surface area is 165 Å². The topological polar surface area (TPSA) is 62.3 Å². The summed E-state index contributed by atoms with van der Waals surface area (Å²) in [6, 6.07) is 9.36. The number of halogens is 3. The molecule has 4 rings (SSSR count). The first-order chi connectivity index (χ1) is 13.8. The van der Waals surface area contributed by atoms with Gasteiger partial charge < -0.3 is 10.2 Å². The maximum atomic E-state index is 14.6. The molecule has 1 spiro atoms. The van der Waals surface area contributed by atoms with Crippen LogP contribution in [-0.4, -0.2) is 35.3 Å². The number of hydrogen-bond acceptors (Lipinski definition) is 3. The van der Waals surface area contributed by atoms with Crippen LogP contribution in [0.15, 0.2) is 48.7 Å². The number of carbonyl (C=O) groups is 2. The van der Waals surface area contributed by atoms with Gasteiger partial charge in [0.15, 0.2) is 0 Å². The van der Waals surface area contributed by atoms with Crippen LogP contribution < -0.4 is 10.2 Å². The average molecular weight is 403 g/mol. The Morgan fingerprint density at radius 3 is 2.59 bits per heavy atom. The van der Waals surface area contributed by atoms with Crippen molar-refractivity contribution in [2.75, 3.05) is 11.4 Å². The van der Waals surface area contributed by atoms with Crippen molar-refractivity contribution in [2.45, 2.75) is 37.6 Å². The SMILES string of the molecule is O=C(N[C@H]1CC(F)(F)C[C@]2(CCN(c3ccc(F)cc3)C2=O)C1)c1ccccn1. The first-order valence-corrected chi connectivity index (χ1v) is 9.45. The Hall–Kier alpha value is -2.90. The van der Waals surface area contributed by atoms with Crippen LogP contribution in [0.3, 0.4) is 0 Å². The molecule has 0 radical (unpaired) electrons. The summed E-state index contributed by atoms with van der Waals surface area (Å²) in [4.78, 5) is 30.9. The lowest BCUT2D eigenvalue weighted by Gasteiger charge is -2.40. The molecule has 2 heterocycles. The molecule has 1 N–H and O–H groups in total. The molecule has 2 aliphatic rings. The van der Waals surface area contributed by atoms with Crippen molar-refractivity contribution in [1.29, 1.82) is 0 Å². The normalized spacial score (nSPS) is 26.0. The maximum absolute atomic E-state index is 14.6. The summed E-state index contributed by atoms with van der Waals surface area (Å²) in [5, 5.41) is 2.62. The fraction of sp³-hybridized carbons (Fsp3) is 0.381. The summed E-state index contributed by atoms with van der Waals surface area (Å²) in [5.74, 6) is -4.45. The molecule has 1 saturated carbocycles. The number of carbonyl (C=O) groups excluding carboxylic acids is 2. The number of benzene rings is 1. The maximum Gasteiger partial charge on any atom is 0.270 e. The highest BCUT2D eigenvalue weighted by molar-refractivity contribution is 6.00. The second-order valence-corrected chi connectivity index (χ2v) is 7.79. The van der Waals surface area contributed by atoms with Crippen LogP contribution in [0.25, 0.3) is 0 Å². The quantitative estimate of drug-likeness (QED) is 0.853. The predicted octanol–water partition coefficient (Wildman–Crippen LogP) is 3.56. The van der Waals surface area contributed by atoms with Gasteiger partial charge >= 0.3 is 0 Å². The van der Waals surface area contributed by atoms with E-state index in [0.717, 1.165) is 0 Å². The van der Waals surface area contributed by atoms with Gasteiger partial charge in [-0.25, -0.2) is 13.2 Å². The van der Waals surface area contributed by atoms with Gasteiger partial charge in [0.2, 0.25) is 5.91 Å². The molecule has 29 heavy (non-hydrogen) atoms. The third kappa shape index (κ3) is 3.83. The first kappa shape index (κ1) is 19.4. The molecule has 1 aromatic heterocycles. The highest BCUT2D eigenvalue weighted by Gasteiger charge is 2.57. The lowest BCUT2D eigenvalue weighted by atomic mass is 9.69. The fourth-order valence-electron chi connectivity index (χ4n) is 4.44. The van der Waals surface area contributed by atoms with E-state index in [4.69, 9.17) is 0 Å². The lowest BCUT2D eigenvalue weighted by molar-refractivity contribution is -0.140. The molecular weight excluding hydrogens is 383 g/mol. The number of nitrogens with zero attached hydrogens (tertiary/aromatic N) is 2. The minimum Gasteiger partial charge on any atom is -0.348 e. The molecule has 1 aliphatic heterocycles. The number of amides is 2. The van der Waals surface area contributed by atoms with Gasteiger partial charge in [-0.15, -0.1) is 0 Å². The number of rotatable bonds is 3. The zero-order chi connectivity index (χ0) is 20.6. The van der Waals surface area contributed by atoms with E-state index in [1.165, 1.54) is 41.4 Å². The van der Waals surface area contributed by atoms with E-state index in [9.17, 15) is 22.8 Å². The van der Waals surface area contributed by atoms with Crippen LogP contribution in [0.1, 0.15) is 36.2 Å². The molecular formula is C21H20F3N3O2. The molecule has 0 bridgehead atoms. The van der Waals surface area contributed by atoms with E-state index >= 15 is 0 Å². The molecule has 8 heteroatoms. The van der Waals surface area contributed by atoms with E-state index in [-0.39, 0.29) is 25.1 Å². The molecule has 152 valence electrons. The lowest BCUT2D eigenvalue weighted by Crippen LogP contribution is -2.52. The highest BCUT2D eigenvalue weighted by Crippen LogP contribution is 2.51. The number of anilines is 1. The summed E-state index contributed by atoms with van der Waals surface area (Å²) in [5.41, 5.74) is -0.629. The van der Waals surface area contributed by atoms with E-state index in [0.29, 0.717) is 5.69 Å². The number of pyridine rings is 1. The Balaban J connectivity index is 1.54. The zero-order valence-electron chi connectivity index (χ0n) is 15.6. The van der Waals surface area contributed by atoms with Crippen LogP contribution in [-0.2, 0) is 4.79 Å². The van der Waals surface area contributed by atoms with Crippen molar-refractivity contribution in [2.24, 2.45) is 5.41 Å². The molecule has 1 saturated heterocycles. The highest BCUT2D eigenvalue weighted by atomic mass is 19.3. The Kier molecular flexibility index (Phi) is 4.80. The number of nitrogens with one attached hydrogen (secondary N) is 1. The number of hydrogen-bond donors (Lipinski definition) is 1. The number of aromatic nitrogens is 1. The fourth-order valence-corrected chi connectivity index (χ4v) is 4.44. The van der Waals surface area contributed by atoms with Gasteiger partial charge in [-0.05, 0) is 49.2 Å². The van der Waals surface area contributed by atoms with Crippen molar-refractivity contribution in [3.63, 3.8) is 0 Å². The predicted molar refractivity (Wildman–Crippen MR) is 100 cm³/mol. The third-order valence-electron chi connectivity index (χ3n) is 5.66. The molecule has 1 aromatic carbocycles. The second kappa shape index (κ2) is 7.17. The van der Waals surface area contributed by atoms with Crippen LogP contribution >= 0.6 is 0 Å². The van der Waals surface area contributed by atoms with Gasteiger partial charge in [0.1, 0.15) is 11.5 Å². The summed E-state index contributed by atoms with van der Waals surface area (Å²) >= 11 is 0. The van der Waals surface area contributed by atoms with Crippen molar-refractivity contribution in [3.05, 3.63) is 60.2 Å². The summed E-state index contributed by atoms with van der Waals surface area (Å²) in [6.45, 7) is 0.279. The van der Waals surface area contributed by atoms with Gasteiger partial charge in [0.05, 0.1) is 5.41 Å². The first-order valence-electron chi connectivity index (χ1n) is 9.45. The van der Waals surface area contributed by atoms with Crippen LogP contribution in [0.4, 0.5) is 18.9 Å². The average Bonchev–Trinajstić information content (AvgIpc) is 2.97. The molecule has 2 fully saturated rings. The molecule has 5 nitrogen and oxygen atoms in total. The summed E-state index contributed by atoms with van der Waals surface area (Å²) in [6.07, 6.45) is 0.781. The minimum atomic E-state index is -3.07. The van der Waals surface area contributed by atoms with Crippen molar-refractivity contribution in [1.82, 2.24) is 10.3 Å². The van der Waals surface area contributed by atoms with Crippen molar-refractivity contribution in [3.8, 4) is 0 Å². The van der Waals surface area contributed by atoms with Gasteiger partial charge in [-0.2, -0.15) is 0 Å². The molecule has 2 aromatic rings. The van der Waals surface area contributed by atoms with E-state index in [1.54, 1.807) is 12.1 Å². The van der Waals surface area contributed by atoms with Crippen molar-refractivity contribution >= 4 is 17.5 Å². The van der Waals surface area contributed by atoms with Gasteiger partial charge in [-0.1, -0.05) is 6.07 Å². The number of alkyl halides is 2. The molecule has 1 aliphatic carbocycles. The molecule has 2 atom stereocenters. The van der Waals surface area contributed by atoms with Crippen LogP contribution in [0, 0.1) is 11.2 Å². The third-order valence-corrected chi connectivity index (χ3v) is 5.66. The standard InChI is InChI=1S/C21H20F3N3O2/c22-14-4-6-16(7-5-14)27-10-8-20(19(27)29)11-15(12-21(23,24)13-20)26-18(28)17-3-1-2-9-25-17/h1-7,9,15H,8,10-13H2,(H,26,28)/t15-,20+/m1/s1. The zero-order valence-corrected chi connectivity index (χ0v) is 15.6. The minimum absolute atomic E-state index is 0.137. The molecule has 2 amide bonds. The smallest absolute Gasteiger partial charge is 0.270 e. The second-order valence-electron chi connectivity index (χ2n) is 7.79. The summed E-state index contributed by atoms with van der Waals surface area (Å²) < 4.78 is 42.3. The van der Waals surface area contributed by atoms with Gasteiger partial charge in [-0.3, -0.25) is 14.6 Å².